The summed E-state index contributed by atoms with van der Waals surface area (Å²) in [5, 5.41) is 0. The summed E-state index contributed by atoms with van der Waals surface area (Å²) in [5.74, 6) is -0.220. The molecule has 0 atom stereocenters. The summed E-state index contributed by atoms with van der Waals surface area (Å²) in [5.41, 5.74) is 0. The number of halogens is 7. The normalized spacial score (nSPS) is 15.7. The minimum Gasteiger partial charge on any atom is 1.00 e. The van der Waals surface area contributed by atoms with E-state index in [-0.39, 0.29) is 7.24 Å². The number of hydrogen-bond donors (Lipinski definition) is 1. The van der Waals surface area contributed by atoms with Crippen LogP contribution in [0.15, 0.2) is 29.2 Å². The average molecular weight is 365 g/mol. The summed E-state index contributed by atoms with van der Waals surface area (Å²) in [6.45, 7) is 0. The largest absolute Gasteiger partial charge is 1.00 e. The van der Waals surface area contributed by atoms with Gasteiger partial charge >= 0.3 is 37.8 Å². The van der Waals surface area contributed by atoms with E-state index in [1.807, 2.05) is 0 Å². The summed E-state index contributed by atoms with van der Waals surface area (Å²) in [6, 6.07) is 5.97. The van der Waals surface area contributed by atoms with Crippen LogP contribution in [0.4, 0.5) is 21.3 Å². The molecule has 0 aliphatic heterocycles. The molecule has 0 bridgehead atoms. The van der Waals surface area contributed by atoms with Gasteiger partial charge in [0, 0.05) is 4.90 Å². The molecular formula is C6H6F7SSb. The molecule has 1 aromatic carbocycles. The van der Waals surface area contributed by atoms with Crippen LogP contribution in [0.1, 0.15) is 1.43 Å². The maximum Gasteiger partial charge on any atom is 1.00 e. The van der Waals surface area contributed by atoms with Crippen molar-refractivity contribution in [2.24, 2.45) is 0 Å². The summed E-state index contributed by atoms with van der Waals surface area (Å²) in [7, 11) is 0. The van der Waals surface area contributed by atoms with E-state index in [1.165, 1.54) is 12.1 Å². The van der Waals surface area contributed by atoms with Crippen molar-refractivity contribution in [2.75, 3.05) is 0 Å². The Bertz CT molecular complexity index is 298. The van der Waals surface area contributed by atoms with E-state index in [0.717, 1.165) is 4.90 Å². The zero-order valence-corrected chi connectivity index (χ0v) is 10.3. The quantitative estimate of drug-likeness (QED) is 0.394. The molecule has 0 amide bonds. The van der Waals surface area contributed by atoms with Crippen molar-refractivity contribution in [2.45, 2.75) is 4.90 Å². The van der Waals surface area contributed by atoms with Gasteiger partial charge < -0.3 is 0 Å². The molecule has 90 valence electrons. The molecule has 15 heavy (non-hydrogen) atoms. The zero-order valence-electron chi connectivity index (χ0n) is 7.85. The maximum atomic E-state index is 12.1. The number of thiol groups is 1. The van der Waals surface area contributed by atoms with Gasteiger partial charge in [-0.05, 0) is 24.3 Å². The molecule has 0 aliphatic carbocycles. The molecule has 1 rings (SSSR count). The van der Waals surface area contributed by atoms with Crippen LogP contribution in [-0.4, -0.2) is 19.5 Å². The van der Waals surface area contributed by atoms with Crippen LogP contribution in [0.3, 0.4) is 0 Å². The predicted octanol–water partition coefficient (Wildman–Crippen LogP) is 4.37. The molecule has 0 heterocycles. The van der Waals surface area contributed by atoms with Crippen molar-refractivity contribution in [1.82, 2.24) is 0 Å². The van der Waals surface area contributed by atoms with Gasteiger partial charge in [0.1, 0.15) is 5.82 Å². The molecular weight excluding hydrogens is 359 g/mol. The second-order valence-electron chi connectivity index (χ2n) is 2.43. The molecule has 0 unspecified atom stereocenters. The van der Waals surface area contributed by atoms with E-state index in [0.29, 0.717) is 0 Å². The SMILES string of the molecule is Fc1ccc(S)cc1.[F][Sb-]([F])([F])([F])([F])[F].[H+]. The van der Waals surface area contributed by atoms with E-state index < -0.39 is 19.5 Å². The van der Waals surface area contributed by atoms with Crippen LogP contribution in [0.2, 0.25) is 0 Å². The third-order valence-electron chi connectivity index (χ3n) is 0.827. The number of hydrogen-bond acceptors (Lipinski definition) is 1. The van der Waals surface area contributed by atoms with Gasteiger partial charge in [0.25, 0.3) is 0 Å². The van der Waals surface area contributed by atoms with Crippen molar-refractivity contribution in [3.63, 3.8) is 0 Å². The van der Waals surface area contributed by atoms with Gasteiger partial charge in [-0.1, -0.05) is 0 Å². The summed E-state index contributed by atoms with van der Waals surface area (Å²) < 4.78 is 71.6. The second-order valence-corrected chi connectivity index (χ2v) is 8.42. The van der Waals surface area contributed by atoms with Gasteiger partial charge in [-0.3, -0.25) is 0 Å². The Morgan fingerprint density at radius 1 is 0.867 bits per heavy atom. The molecule has 0 nitrogen and oxygen atoms in total. The first-order valence-electron chi connectivity index (χ1n) is 3.25. The zero-order chi connectivity index (χ0) is 12.4. The molecule has 9 heteroatoms. The first-order chi connectivity index (χ1) is 6.24. The van der Waals surface area contributed by atoms with Crippen molar-refractivity contribution in [1.29, 1.82) is 0 Å². The van der Waals surface area contributed by atoms with Crippen LogP contribution in [0, 0.1) is 5.82 Å². The monoisotopic (exact) mass is 364 g/mol. The van der Waals surface area contributed by atoms with Crippen molar-refractivity contribution in [3.05, 3.63) is 30.1 Å². The third-order valence-corrected chi connectivity index (χ3v) is 1.12. The van der Waals surface area contributed by atoms with E-state index in [1.54, 1.807) is 12.1 Å². The van der Waals surface area contributed by atoms with E-state index >= 15 is 0 Å². The van der Waals surface area contributed by atoms with Gasteiger partial charge in [-0.15, -0.1) is 12.6 Å². The van der Waals surface area contributed by atoms with Crippen molar-refractivity contribution >= 4 is 32.1 Å². The fourth-order valence-electron chi connectivity index (χ4n) is 0.441. The second kappa shape index (κ2) is 3.73. The Morgan fingerprint density at radius 3 is 1.33 bits per heavy atom. The molecule has 0 aliphatic rings. The molecule has 0 N–H and O–H groups in total. The van der Waals surface area contributed by atoms with Crippen LogP contribution < -0.4 is 0 Å². The first-order valence-corrected chi connectivity index (χ1v) is 9.48. The minimum atomic E-state index is -11.2. The smallest absolute Gasteiger partial charge is 1.00 e. The van der Waals surface area contributed by atoms with Gasteiger partial charge in [0.05, 0.1) is 0 Å². The van der Waals surface area contributed by atoms with Crippen molar-refractivity contribution < 1.29 is 22.7 Å². The Morgan fingerprint density at radius 2 is 1.13 bits per heavy atom. The Kier molecular flexibility index (Phi) is 3.70. The standard InChI is InChI=1S/C6H5FS.6FH.Sb/c7-5-1-3-6(8)4-2-5;;;;;;;/h1-4,8H;6*1H;/q;;;;;;;+5/p-5. The van der Waals surface area contributed by atoms with Crippen molar-refractivity contribution in [3.8, 4) is 0 Å². The molecule has 0 fully saturated rings. The first kappa shape index (κ1) is 14.9. The summed E-state index contributed by atoms with van der Waals surface area (Å²) in [4.78, 5) is 0.784. The summed E-state index contributed by atoms with van der Waals surface area (Å²) >= 11 is -7.28. The topological polar surface area (TPSA) is 0 Å². The van der Waals surface area contributed by atoms with Crippen LogP contribution in [-0.2, 0) is 0 Å². The van der Waals surface area contributed by atoms with E-state index in [9.17, 15) is 21.3 Å². The molecule has 0 spiro atoms. The Hall–Kier alpha value is -0.102. The Balaban J connectivity index is 0. The van der Waals surface area contributed by atoms with Gasteiger partial charge in [0.15, 0.2) is 0 Å². The molecule has 0 aromatic heterocycles. The molecule has 0 saturated carbocycles. The number of rotatable bonds is 0. The fraction of sp³-hybridized carbons (Fsp3) is 0. The minimum absolute atomic E-state index is 0. The van der Waals surface area contributed by atoms with Crippen LogP contribution >= 0.6 is 12.6 Å². The average Bonchev–Trinajstić information content (AvgIpc) is 1.88. The summed E-state index contributed by atoms with van der Waals surface area (Å²) in [6.07, 6.45) is 0. The van der Waals surface area contributed by atoms with Gasteiger partial charge in [0.2, 0.25) is 0 Å². The Labute approximate surface area is 89.9 Å². The van der Waals surface area contributed by atoms with E-state index in [4.69, 9.17) is 0 Å². The molecule has 0 saturated heterocycles. The third kappa shape index (κ3) is 20.1. The molecule has 1 aromatic rings. The maximum absolute atomic E-state index is 12.1. The van der Waals surface area contributed by atoms with Gasteiger partial charge in [-0.25, -0.2) is 4.39 Å². The number of benzene rings is 1. The molecule has 0 radical (unpaired) electrons. The van der Waals surface area contributed by atoms with E-state index in [2.05, 4.69) is 12.6 Å². The predicted molar refractivity (Wildman–Crippen MR) is 47.2 cm³/mol. The van der Waals surface area contributed by atoms with Crippen LogP contribution in [0.25, 0.3) is 0 Å². The van der Waals surface area contributed by atoms with Crippen LogP contribution in [0.5, 0.6) is 0 Å². The van der Waals surface area contributed by atoms with Gasteiger partial charge in [-0.2, -0.15) is 0 Å². The fourth-order valence-corrected chi connectivity index (χ4v) is 0.590.